The van der Waals surface area contributed by atoms with E-state index in [1.54, 1.807) is 18.2 Å². The van der Waals surface area contributed by atoms with Crippen molar-refractivity contribution < 1.29 is 14.0 Å². The van der Waals surface area contributed by atoms with E-state index in [1.165, 1.54) is 12.3 Å². The third-order valence-electron chi connectivity index (χ3n) is 2.05. The number of Topliss-reactive ketones (excluding diaryl/α,β-unsaturated/α-hetero) is 2. The second-order valence-corrected chi connectivity index (χ2v) is 3.25. The average Bonchev–Trinajstić information content (AvgIpc) is 2.90. The first kappa shape index (κ1) is 10.9. The van der Waals surface area contributed by atoms with Crippen LogP contribution < -0.4 is 0 Å². The maximum Gasteiger partial charge on any atom is 0.280 e. The normalized spacial score (nSPS) is 9.18. The molecule has 0 aliphatic rings. The number of carbonyl (C=O) groups is 2. The Hall–Kier alpha value is -2.60. The van der Waals surface area contributed by atoms with Gasteiger partial charge in [0.25, 0.3) is 11.6 Å². The van der Waals surface area contributed by atoms with Crippen molar-refractivity contribution in [3.63, 3.8) is 0 Å². The van der Waals surface area contributed by atoms with Crippen LogP contribution in [0.4, 0.5) is 0 Å². The summed E-state index contributed by atoms with van der Waals surface area (Å²) in [6, 6.07) is 12.0. The van der Waals surface area contributed by atoms with Crippen LogP contribution in [-0.2, 0) is 4.79 Å². The van der Waals surface area contributed by atoms with Crippen LogP contribution in [0.5, 0.6) is 0 Å². The molecule has 1 heterocycles. The second-order valence-electron chi connectivity index (χ2n) is 3.25. The van der Waals surface area contributed by atoms with Gasteiger partial charge in [-0.3, -0.25) is 9.59 Å². The Kier molecular flexibility index (Phi) is 3.18. The van der Waals surface area contributed by atoms with Gasteiger partial charge in [-0.2, -0.15) is 0 Å². The van der Waals surface area contributed by atoms with Gasteiger partial charge in [0.15, 0.2) is 5.76 Å². The fraction of sp³-hybridized carbons (Fsp3) is 0. The lowest BCUT2D eigenvalue weighted by Crippen LogP contribution is -2.10. The molecular formula is C14H8O3. The van der Waals surface area contributed by atoms with Gasteiger partial charge in [0.05, 0.1) is 6.26 Å². The maximum atomic E-state index is 11.5. The summed E-state index contributed by atoms with van der Waals surface area (Å²) in [5.41, 5.74) is 0.688. The summed E-state index contributed by atoms with van der Waals surface area (Å²) in [7, 11) is 0. The Balaban J connectivity index is 2.13. The summed E-state index contributed by atoms with van der Waals surface area (Å²) < 4.78 is 4.83. The highest BCUT2D eigenvalue weighted by molar-refractivity contribution is 6.48. The summed E-state index contributed by atoms with van der Waals surface area (Å²) in [6.07, 6.45) is 1.34. The van der Waals surface area contributed by atoms with Gasteiger partial charge in [0.2, 0.25) is 0 Å². The first-order valence-corrected chi connectivity index (χ1v) is 4.96. The molecule has 0 saturated carbocycles. The molecule has 17 heavy (non-hydrogen) atoms. The average molecular weight is 224 g/mol. The number of hydrogen-bond donors (Lipinski definition) is 0. The van der Waals surface area contributed by atoms with Gasteiger partial charge in [-0.1, -0.05) is 24.1 Å². The lowest BCUT2D eigenvalue weighted by atomic mass is 10.2. The highest BCUT2D eigenvalue weighted by Gasteiger charge is 2.16. The second kappa shape index (κ2) is 4.95. The maximum absolute atomic E-state index is 11.5. The van der Waals surface area contributed by atoms with Gasteiger partial charge in [-0.25, -0.2) is 0 Å². The Morgan fingerprint density at radius 3 is 2.41 bits per heavy atom. The lowest BCUT2D eigenvalue weighted by molar-refractivity contribution is -0.110. The van der Waals surface area contributed by atoms with E-state index in [0.29, 0.717) is 5.56 Å². The van der Waals surface area contributed by atoms with Crippen LogP contribution in [0.25, 0.3) is 0 Å². The predicted molar refractivity (Wildman–Crippen MR) is 61.4 cm³/mol. The van der Waals surface area contributed by atoms with Crippen LogP contribution in [0.1, 0.15) is 16.1 Å². The smallest absolute Gasteiger partial charge is 0.280 e. The molecule has 0 unspecified atom stereocenters. The van der Waals surface area contributed by atoms with Crippen LogP contribution in [0.2, 0.25) is 0 Å². The summed E-state index contributed by atoms with van der Waals surface area (Å²) in [5, 5.41) is 0. The number of ketones is 2. The van der Waals surface area contributed by atoms with Crippen LogP contribution in [0.3, 0.4) is 0 Å². The van der Waals surface area contributed by atoms with Crippen LogP contribution in [0, 0.1) is 11.8 Å². The topological polar surface area (TPSA) is 47.3 Å². The van der Waals surface area contributed by atoms with Gasteiger partial charge in [-0.05, 0) is 30.2 Å². The van der Waals surface area contributed by atoms with E-state index in [1.807, 2.05) is 18.2 Å². The van der Waals surface area contributed by atoms with Crippen molar-refractivity contribution in [2.24, 2.45) is 0 Å². The molecule has 0 fully saturated rings. The molecule has 0 bridgehead atoms. The molecule has 0 spiro atoms. The quantitative estimate of drug-likeness (QED) is 0.445. The van der Waals surface area contributed by atoms with Crippen molar-refractivity contribution in [3.8, 4) is 11.8 Å². The predicted octanol–water partition coefficient (Wildman–Crippen LogP) is 2.08. The molecule has 82 valence electrons. The minimum atomic E-state index is -0.774. The Labute approximate surface area is 98.1 Å². The van der Waals surface area contributed by atoms with E-state index >= 15 is 0 Å². The molecule has 0 aliphatic heterocycles. The van der Waals surface area contributed by atoms with Crippen molar-refractivity contribution >= 4 is 11.6 Å². The van der Waals surface area contributed by atoms with Crippen molar-refractivity contribution in [3.05, 3.63) is 60.1 Å². The molecular weight excluding hydrogens is 216 g/mol. The molecule has 0 atom stereocenters. The largest absolute Gasteiger partial charge is 0.461 e. The van der Waals surface area contributed by atoms with E-state index in [2.05, 4.69) is 11.8 Å². The zero-order valence-electron chi connectivity index (χ0n) is 8.84. The molecule has 3 heteroatoms. The molecule has 2 aromatic rings. The van der Waals surface area contributed by atoms with Crippen LogP contribution >= 0.6 is 0 Å². The minimum Gasteiger partial charge on any atom is -0.461 e. The SMILES string of the molecule is O=C(C#Cc1ccccc1)C(=O)c1ccco1. The fourth-order valence-electron chi connectivity index (χ4n) is 1.23. The highest BCUT2D eigenvalue weighted by atomic mass is 16.3. The first-order chi connectivity index (χ1) is 8.27. The molecule has 0 amide bonds. The number of rotatable bonds is 2. The van der Waals surface area contributed by atoms with Gasteiger partial charge in [0, 0.05) is 5.56 Å². The molecule has 0 aliphatic carbocycles. The van der Waals surface area contributed by atoms with E-state index in [0.717, 1.165) is 0 Å². The van der Waals surface area contributed by atoms with Gasteiger partial charge in [0.1, 0.15) is 0 Å². The zero-order valence-corrected chi connectivity index (χ0v) is 8.84. The monoisotopic (exact) mass is 224 g/mol. The van der Waals surface area contributed by atoms with Crippen LogP contribution in [0.15, 0.2) is 53.1 Å². The van der Waals surface area contributed by atoms with E-state index in [-0.39, 0.29) is 5.76 Å². The van der Waals surface area contributed by atoms with Crippen molar-refractivity contribution in [1.29, 1.82) is 0 Å². The lowest BCUT2D eigenvalue weighted by Gasteiger charge is -1.88. The number of carbonyl (C=O) groups excluding carboxylic acids is 2. The summed E-state index contributed by atoms with van der Waals surface area (Å²) >= 11 is 0. The molecule has 0 saturated heterocycles. The fourth-order valence-corrected chi connectivity index (χ4v) is 1.23. The van der Waals surface area contributed by atoms with Crippen molar-refractivity contribution in [2.75, 3.05) is 0 Å². The standard InChI is InChI=1S/C14H8O3/c15-12(14(16)13-7-4-10-17-13)9-8-11-5-2-1-3-6-11/h1-7,10H. The van der Waals surface area contributed by atoms with Crippen molar-refractivity contribution in [1.82, 2.24) is 0 Å². The minimum absolute atomic E-state index is 0.0114. The van der Waals surface area contributed by atoms with E-state index in [9.17, 15) is 9.59 Å². The van der Waals surface area contributed by atoms with Crippen LogP contribution in [-0.4, -0.2) is 11.6 Å². The number of furan rings is 1. The first-order valence-electron chi connectivity index (χ1n) is 4.96. The van der Waals surface area contributed by atoms with Crippen molar-refractivity contribution in [2.45, 2.75) is 0 Å². The molecule has 1 aromatic carbocycles. The van der Waals surface area contributed by atoms with Gasteiger partial charge < -0.3 is 4.42 Å². The Bertz CT molecular complexity index is 583. The molecule has 0 N–H and O–H groups in total. The number of hydrogen-bond acceptors (Lipinski definition) is 3. The Morgan fingerprint density at radius 1 is 1.00 bits per heavy atom. The molecule has 1 aromatic heterocycles. The third kappa shape index (κ3) is 2.70. The third-order valence-corrected chi connectivity index (χ3v) is 2.05. The molecule has 0 radical (unpaired) electrons. The summed E-state index contributed by atoms with van der Waals surface area (Å²) in [6.45, 7) is 0. The van der Waals surface area contributed by atoms with Gasteiger partial charge >= 0.3 is 0 Å². The Morgan fingerprint density at radius 2 is 1.76 bits per heavy atom. The summed E-state index contributed by atoms with van der Waals surface area (Å²) in [5.74, 6) is 3.43. The highest BCUT2D eigenvalue weighted by Crippen LogP contribution is 2.02. The van der Waals surface area contributed by atoms with Gasteiger partial charge in [-0.15, -0.1) is 0 Å². The van der Waals surface area contributed by atoms with E-state index < -0.39 is 11.6 Å². The number of benzene rings is 1. The zero-order chi connectivity index (χ0) is 12.1. The summed E-state index contributed by atoms with van der Waals surface area (Å²) in [4.78, 5) is 22.9. The van der Waals surface area contributed by atoms with E-state index in [4.69, 9.17) is 4.42 Å². The molecule has 3 nitrogen and oxygen atoms in total. The molecule has 2 rings (SSSR count).